The molecule has 4 heteroatoms. The summed E-state index contributed by atoms with van der Waals surface area (Å²) >= 11 is 0. The molecule has 0 amide bonds. The maximum atomic E-state index is 11.2. The van der Waals surface area contributed by atoms with Crippen LogP contribution in [0.15, 0.2) is 0 Å². The third-order valence-electron chi connectivity index (χ3n) is 3.38. The Labute approximate surface area is 124 Å². The van der Waals surface area contributed by atoms with E-state index in [-0.39, 0.29) is 12.6 Å². The van der Waals surface area contributed by atoms with Gasteiger partial charge in [0.2, 0.25) is 0 Å². The monoisotopic (exact) mass is 287 g/mol. The zero-order valence-electron chi connectivity index (χ0n) is 13.2. The molecule has 0 atom stereocenters. The van der Waals surface area contributed by atoms with Crippen LogP contribution in [0, 0.1) is 0 Å². The van der Waals surface area contributed by atoms with Gasteiger partial charge >= 0.3 is 5.97 Å². The number of hydrogen-bond acceptors (Lipinski definition) is 4. The van der Waals surface area contributed by atoms with Gasteiger partial charge in [-0.1, -0.05) is 71.1 Å². The van der Waals surface area contributed by atoms with Gasteiger partial charge in [-0.25, -0.2) is 0 Å². The summed E-state index contributed by atoms with van der Waals surface area (Å²) in [5.74, 6) is -0.227. The summed E-state index contributed by atoms with van der Waals surface area (Å²) in [4.78, 5) is 15.9. The summed E-state index contributed by atoms with van der Waals surface area (Å²) < 4.78 is 0. The lowest BCUT2D eigenvalue weighted by atomic mass is 10.1. The number of nitrogens with one attached hydrogen (secondary N) is 1. The van der Waals surface area contributed by atoms with Gasteiger partial charge in [-0.05, 0) is 6.42 Å². The number of unbranched alkanes of at least 4 members (excludes halogenated alkanes) is 10. The second kappa shape index (κ2) is 16.4. The van der Waals surface area contributed by atoms with Crippen molar-refractivity contribution in [3.63, 3.8) is 0 Å². The minimum absolute atomic E-state index is 0.0221. The maximum Gasteiger partial charge on any atom is 0.324 e. The van der Waals surface area contributed by atoms with Crippen molar-refractivity contribution in [1.29, 1.82) is 0 Å². The van der Waals surface area contributed by atoms with E-state index in [1.165, 1.54) is 57.8 Å². The summed E-state index contributed by atoms with van der Waals surface area (Å²) in [7, 11) is 0. The number of aliphatic hydroxyl groups is 1. The molecule has 0 rings (SSSR count). The molecule has 0 saturated carbocycles. The Morgan fingerprint density at radius 1 is 0.900 bits per heavy atom. The highest BCUT2D eigenvalue weighted by Gasteiger charge is 2.02. The molecule has 0 aromatic heterocycles. The Morgan fingerprint density at radius 3 is 1.90 bits per heavy atom. The summed E-state index contributed by atoms with van der Waals surface area (Å²) in [6, 6.07) is 0. The molecule has 0 heterocycles. The van der Waals surface area contributed by atoms with Crippen LogP contribution in [0.3, 0.4) is 0 Å². The predicted molar refractivity (Wildman–Crippen MR) is 82.3 cm³/mol. The molecule has 0 aliphatic carbocycles. The van der Waals surface area contributed by atoms with Gasteiger partial charge in [0.05, 0.1) is 13.2 Å². The van der Waals surface area contributed by atoms with Crippen LogP contribution in [0.5, 0.6) is 0 Å². The van der Waals surface area contributed by atoms with Crippen LogP contribution in [0.4, 0.5) is 0 Å². The molecule has 0 aliphatic rings. The van der Waals surface area contributed by atoms with E-state index in [1.54, 1.807) is 0 Å². The number of hydroxylamine groups is 1. The third-order valence-corrected chi connectivity index (χ3v) is 3.38. The summed E-state index contributed by atoms with van der Waals surface area (Å²) in [5, 5.41) is 8.50. The Kier molecular flexibility index (Phi) is 15.9. The molecule has 0 spiro atoms. The van der Waals surface area contributed by atoms with Gasteiger partial charge in [0.1, 0.15) is 0 Å². The fraction of sp³-hybridized carbons (Fsp3) is 0.938. The number of aliphatic hydroxyl groups excluding tert-OH is 1. The van der Waals surface area contributed by atoms with Crippen LogP contribution in [0.2, 0.25) is 0 Å². The van der Waals surface area contributed by atoms with Crippen molar-refractivity contribution in [1.82, 2.24) is 5.48 Å². The second-order valence-corrected chi connectivity index (χ2v) is 5.38. The molecule has 20 heavy (non-hydrogen) atoms. The summed E-state index contributed by atoms with van der Waals surface area (Å²) in [6.45, 7) is 2.52. The first kappa shape index (κ1) is 19.4. The first-order valence-electron chi connectivity index (χ1n) is 8.34. The van der Waals surface area contributed by atoms with Crippen molar-refractivity contribution < 1.29 is 14.7 Å². The van der Waals surface area contributed by atoms with Crippen LogP contribution in [0.25, 0.3) is 0 Å². The van der Waals surface area contributed by atoms with Gasteiger partial charge in [0.15, 0.2) is 0 Å². The van der Waals surface area contributed by atoms with Crippen LogP contribution >= 0.6 is 0 Å². The van der Waals surface area contributed by atoms with E-state index in [2.05, 4.69) is 12.4 Å². The van der Waals surface area contributed by atoms with Crippen molar-refractivity contribution in [2.75, 3.05) is 13.2 Å². The van der Waals surface area contributed by atoms with Gasteiger partial charge in [0.25, 0.3) is 0 Å². The van der Waals surface area contributed by atoms with Crippen molar-refractivity contribution >= 4 is 5.97 Å². The van der Waals surface area contributed by atoms with Crippen molar-refractivity contribution in [2.24, 2.45) is 0 Å². The van der Waals surface area contributed by atoms with E-state index in [4.69, 9.17) is 9.94 Å². The van der Waals surface area contributed by atoms with Crippen LogP contribution < -0.4 is 5.48 Å². The van der Waals surface area contributed by atoms with Crippen LogP contribution in [0.1, 0.15) is 84.0 Å². The van der Waals surface area contributed by atoms with Gasteiger partial charge in [0, 0.05) is 6.42 Å². The molecule has 0 bridgehead atoms. The minimum Gasteiger partial charge on any atom is -0.395 e. The Balaban J connectivity index is 3.07. The van der Waals surface area contributed by atoms with E-state index in [9.17, 15) is 4.79 Å². The fourth-order valence-corrected chi connectivity index (χ4v) is 2.16. The number of carbonyl (C=O) groups excluding carboxylic acids is 1. The lowest BCUT2D eigenvalue weighted by Crippen LogP contribution is -2.22. The Bertz CT molecular complexity index is 210. The number of carbonyl (C=O) groups is 1. The van der Waals surface area contributed by atoms with Crippen LogP contribution in [-0.2, 0) is 9.63 Å². The zero-order chi connectivity index (χ0) is 14.9. The first-order valence-corrected chi connectivity index (χ1v) is 8.34. The molecule has 0 unspecified atom stereocenters. The van der Waals surface area contributed by atoms with Crippen molar-refractivity contribution in [3.05, 3.63) is 0 Å². The lowest BCUT2D eigenvalue weighted by molar-refractivity contribution is -0.151. The highest BCUT2D eigenvalue weighted by molar-refractivity contribution is 5.68. The molecule has 120 valence electrons. The highest BCUT2D eigenvalue weighted by Crippen LogP contribution is 2.11. The van der Waals surface area contributed by atoms with E-state index in [0.717, 1.165) is 12.8 Å². The zero-order valence-corrected chi connectivity index (χ0v) is 13.2. The van der Waals surface area contributed by atoms with E-state index in [1.807, 2.05) is 0 Å². The molecule has 0 radical (unpaired) electrons. The Morgan fingerprint density at radius 2 is 1.40 bits per heavy atom. The molecule has 2 N–H and O–H groups in total. The number of rotatable bonds is 15. The lowest BCUT2D eigenvalue weighted by Gasteiger charge is -2.04. The third kappa shape index (κ3) is 15.4. The van der Waals surface area contributed by atoms with E-state index < -0.39 is 0 Å². The number of hydrogen-bond donors (Lipinski definition) is 2. The topological polar surface area (TPSA) is 58.6 Å². The predicted octanol–water partition coefficient (Wildman–Crippen LogP) is 3.73. The van der Waals surface area contributed by atoms with Gasteiger partial charge in [-0.2, -0.15) is 5.48 Å². The molecular weight excluding hydrogens is 254 g/mol. The van der Waals surface area contributed by atoms with Crippen molar-refractivity contribution in [3.8, 4) is 0 Å². The van der Waals surface area contributed by atoms with Gasteiger partial charge < -0.3 is 9.94 Å². The largest absolute Gasteiger partial charge is 0.395 e. The normalized spacial score (nSPS) is 10.7. The molecule has 0 aliphatic heterocycles. The van der Waals surface area contributed by atoms with Crippen LogP contribution in [-0.4, -0.2) is 24.2 Å². The smallest absolute Gasteiger partial charge is 0.324 e. The van der Waals surface area contributed by atoms with E-state index in [0.29, 0.717) is 13.0 Å². The van der Waals surface area contributed by atoms with Gasteiger partial charge in [-0.15, -0.1) is 0 Å². The standard InChI is InChI=1S/C16H33NO3/c1-2-3-4-5-6-7-8-9-10-11-12-13-16(19)20-17-14-15-18/h17-18H,2-15H2,1H3. The SMILES string of the molecule is CCCCCCCCCCCCCC(=O)ONCCO. The quantitative estimate of drug-likeness (QED) is 0.356. The molecular formula is C16H33NO3. The molecule has 4 nitrogen and oxygen atoms in total. The summed E-state index contributed by atoms with van der Waals surface area (Å²) in [6.07, 6.45) is 14.5. The maximum absolute atomic E-state index is 11.2. The van der Waals surface area contributed by atoms with Gasteiger partial charge in [-0.3, -0.25) is 4.79 Å². The highest BCUT2D eigenvalue weighted by atomic mass is 16.7. The average molecular weight is 287 g/mol. The molecule has 0 aromatic carbocycles. The van der Waals surface area contributed by atoms with Crippen molar-refractivity contribution in [2.45, 2.75) is 84.0 Å². The first-order chi connectivity index (χ1) is 9.81. The Hall–Kier alpha value is -0.610. The molecule has 0 saturated heterocycles. The second-order valence-electron chi connectivity index (χ2n) is 5.38. The average Bonchev–Trinajstić information content (AvgIpc) is 2.45. The minimum atomic E-state index is -0.227. The fourth-order valence-electron chi connectivity index (χ4n) is 2.16. The summed E-state index contributed by atoms with van der Waals surface area (Å²) in [5.41, 5.74) is 2.42. The van der Waals surface area contributed by atoms with E-state index >= 15 is 0 Å². The molecule has 0 fully saturated rings. The molecule has 0 aromatic rings.